The van der Waals surface area contributed by atoms with Crippen molar-refractivity contribution in [3.8, 4) is 0 Å². The predicted molar refractivity (Wildman–Crippen MR) is 110 cm³/mol. The van der Waals surface area contributed by atoms with Gasteiger partial charge in [0.25, 0.3) is 15.7 Å². The number of aromatic nitrogens is 3. The Morgan fingerprint density at radius 3 is 2.52 bits per heavy atom. The summed E-state index contributed by atoms with van der Waals surface area (Å²) in [6.07, 6.45) is 1.41. The smallest absolute Gasteiger partial charge is 0.273 e. The van der Waals surface area contributed by atoms with Crippen LogP contribution in [0.25, 0.3) is 10.8 Å². The van der Waals surface area contributed by atoms with Crippen molar-refractivity contribution in [3.05, 3.63) is 71.4 Å². The number of benzene rings is 3. The van der Waals surface area contributed by atoms with Crippen LogP contribution in [0.15, 0.2) is 75.9 Å². The highest BCUT2D eigenvalue weighted by molar-refractivity contribution is 7.99. The zero-order valence-electron chi connectivity index (χ0n) is 15.2. The van der Waals surface area contributed by atoms with Crippen molar-refractivity contribution in [2.75, 3.05) is 4.72 Å². The van der Waals surface area contributed by atoms with Crippen molar-refractivity contribution >= 4 is 43.9 Å². The molecule has 0 radical (unpaired) electrons. The van der Waals surface area contributed by atoms with Gasteiger partial charge in [-0.25, -0.2) is 13.4 Å². The number of rotatable bonds is 6. The molecule has 0 aliphatic rings. The molecule has 0 aliphatic carbocycles. The molecular formula is C19H16N5O3S2+. The van der Waals surface area contributed by atoms with E-state index in [0.717, 1.165) is 21.2 Å². The largest absolute Gasteiger partial charge is 0.279 e. The standard InChI is InChI=1S/C19H15N5O3S2/c1-12-13-6-2-3-7-14(13)16(10-17(12)28-19-20-11-21-22-19)24-29(26,27)18-9-5-4-8-15(18)23-25/h2-11,24H,1H3,(H,20,21,22)/p+1. The lowest BCUT2D eigenvalue weighted by molar-refractivity contribution is -0.382. The lowest BCUT2D eigenvalue weighted by Gasteiger charge is -2.15. The number of fused-ring (bicyclic) bond motifs is 1. The molecule has 0 aliphatic heterocycles. The molecule has 0 atom stereocenters. The van der Waals surface area contributed by atoms with E-state index in [1.807, 2.05) is 31.2 Å². The number of H-pyrrole nitrogens is 1. The Labute approximate surface area is 170 Å². The molecule has 0 saturated carbocycles. The summed E-state index contributed by atoms with van der Waals surface area (Å²) in [6, 6.07) is 15.2. The number of aryl methyl sites for hydroxylation is 1. The number of para-hydroxylation sites is 1. The average Bonchev–Trinajstić information content (AvgIpc) is 3.24. The summed E-state index contributed by atoms with van der Waals surface area (Å²) in [7, 11) is -4.00. The number of anilines is 1. The molecule has 29 heavy (non-hydrogen) atoms. The molecular weight excluding hydrogens is 410 g/mol. The van der Waals surface area contributed by atoms with Crippen molar-refractivity contribution < 1.29 is 13.6 Å². The number of hydrogen-bond acceptors (Lipinski definition) is 6. The average molecular weight is 427 g/mol. The molecule has 1 heterocycles. The minimum absolute atomic E-state index is 0.0207. The second-order valence-corrected chi connectivity index (χ2v) is 8.87. The van der Waals surface area contributed by atoms with Crippen LogP contribution in [0.5, 0.6) is 0 Å². The van der Waals surface area contributed by atoms with Gasteiger partial charge >= 0.3 is 0 Å². The first-order chi connectivity index (χ1) is 14.0. The van der Waals surface area contributed by atoms with E-state index < -0.39 is 10.0 Å². The molecule has 0 spiro atoms. The summed E-state index contributed by atoms with van der Waals surface area (Å²) in [6.45, 7) is 1.97. The molecule has 0 saturated heterocycles. The van der Waals surface area contributed by atoms with Crippen LogP contribution in [0.4, 0.5) is 11.4 Å². The molecule has 146 valence electrons. The minimum Gasteiger partial charge on any atom is -0.279 e. The lowest BCUT2D eigenvalue weighted by Crippen LogP contribution is -2.56. The second kappa shape index (κ2) is 7.64. The third-order valence-electron chi connectivity index (χ3n) is 4.40. The Morgan fingerprint density at radius 2 is 1.79 bits per heavy atom. The van der Waals surface area contributed by atoms with Crippen LogP contribution >= 0.6 is 11.8 Å². The van der Waals surface area contributed by atoms with Gasteiger partial charge in [-0.1, -0.05) is 36.4 Å². The van der Waals surface area contributed by atoms with Crippen molar-refractivity contribution in [2.24, 2.45) is 0 Å². The van der Waals surface area contributed by atoms with E-state index in [2.05, 4.69) is 19.9 Å². The van der Waals surface area contributed by atoms with E-state index in [1.165, 1.54) is 30.2 Å². The van der Waals surface area contributed by atoms with Gasteiger partial charge < -0.3 is 0 Å². The van der Waals surface area contributed by atoms with Gasteiger partial charge in [-0.05, 0) is 41.8 Å². The van der Waals surface area contributed by atoms with Gasteiger partial charge in [0.2, 0.25) is 0 Å². The van der Waals surface area contributed by atoms with Crippen LogP contribution in [0.3, 0.4) is 0 Å². The fourth-order valence-corrected chi connectivity index (χ4v) is 5.09. The van der Waals surface area contributed by atoms with Gasteiger partial charge in [-0.3, -0.25) is 9.82 Å². The molecule has 8 nitrogen and oxygen atoms in total. The topological polar surface area (TPSA) is 119 Å². The quantitative estimate of drug-likeness (QED) is 0.436. The number of aromatic amines is 1. The molecule has 3 N–H and O–H groups in total. The van der Waals surface area contributed by atoms with Crippen LogP contribution in [0.1, 0.15) is 5.56 Å². The third kappa shape index (κ3) is 3.71. The molecule has 0 fully saturated rings. The Hall–Kier alpha value is -3.24. The first-order valence-electron chi connectivity index (χ1n) is 8.55. The van der Waals surface area contributed by atoms with E-state index in [0.29, 0.717) is 10.8 Å². The Bertz CT molecular complexity index is 1300. The maximum absolute atomic E-state index is 13.0. The van der Waals surface area contributed by atoms with Crippen molar-refractivity contribution in [2.45, 2.75) is 21.9 Å². The van der Waals surface area contributed by atoms with Gasteiger partial charge in [-0.2, -0.15) is 5.10 Å². The maximum atomic E-state index is 13.0. The Kier molecular flexibility index (Phi) is 5.03. The van der Waals surface area contributed by atoms with Gasteiger partial charge in [0.15, 0.2) is 10.1 Å². The lowest BCUT2D eigenvalue weighted by atomic mass is 10.0. The monoisotopic (exact) mass is 426 g/mol. The summed E-state index contributed by atoms with van der Waals surface area (Å²) in [4.78, 5) is 16.0. The predicted octanol–water partition coefficient (Wildman–Crippen LogP) is 2.70. The van der Waals surface area contributed by atoms with Crippen molar-refractivity contribution in [1.29, 1.82) is 0 Å². The zero-order chi connectivity index (χ0) is 20.4. The van der Waals surface area contributed by atoms with Gasteiger partial charge in [0.05, 0.1) is 5.69 Å². The fourth-order valence-electron chi connectivity index (χ4n) is 3.02. The molecule has 0 unspecified atom stereocenters. The summed E-state index contributed by atoms with van der Waals surface area (Å²) in [5.74, 6) is 0. The molecule has 4 rings (SSSR count). The number of sulfonamides is 1. The number of nitrogens with one attached hydrogen (secondary N) is 3. The van der Waals surface area contributed by atoms with Crippen LogP contribution < -0.4 is 9.90 Å². The van der Waals surface area contributed by atoms with Gasteiger partial charge in [0.1, 0.15) is 6.33 Å². The molecule has 4 aromatic rings. The van der Waals surface area contributed by atoms with Crippen LogP contribution in [0.2, 0.25) is 0 Å². The molecule has 1 aromatic heterocycles. The summed E-state index contributed by atoms with van der Waals surface area (Å²) in [5, 5.41) is 10.6. The normalized spacial score (nSPS) is 11.5. The van der Waals surface area contributed by atoms with E-state index in [4.69, 9.17) is 0 Å². The van der Waals surface area contributed by atoms with Gasteiger partial charge in [-0.15, -0.1) is 0 Å². The Morgan fingerprint density at radius 1 is 1.07 bits per heavy atom. The maximum Gasteiger partial charge on any atom is 0.273 e. The highest BCUT2D eigenvalue weighted by Crippen LogP contribution is 2.37. The number of nitrogens with zero attached hydrogens (tertiary/aromatic N) is 2. The van der Waals surface area contributed by atoms with E-state index in [1.54, 1.807) is 23.4 Å². The van der Waals surface area contributed by atoms with Crippen molar-refractivity contribution in [3.63, 3.8) is 0 Å². The van der Waals surface area contributed by atoms with E-state index in [-0.39, 0.29) is 10.6 Å². The summed E-state index contributed by atoms with van der Waals surface area (Å²) < 4.78 is 28.7. The summed E-state index contributed by atoms with van der Waals surface area (Å²) >= 11 is 1.35. The fraction of sp³-hybridized carbons (Fsp3) is 0.0526. The Balaban J connectivity index is 1.84. The highest BCUT2D eigenvalue weighted by Gasteiger charge is 2.24. The van der Waals surface area contributed by atoms with Crippen LogP contribution in [-0.2, 0) is 10.0 Å². The van der Waals surface area contributed by atoms with Crippen LogP contribution in [-0.4, -0.2) is 23.6 Å². The third-order valence-corrected chi connectivity index (χ3v) is 6.85. The molecule has 0 bridgehead atoms. The molecule has 0 amide bonds. The first kappa shape index (κ1) is 19.1. The summed E-state index contributed by atoms with van der Waals surface area (Å²) in [5.41, 5.74) is 1.38. The number of nitroso groups, excluding NO2 is 1. The number of hydrogen-bond donors (Lipinski definition) is 3. The van der Waals surface area contributed by atoms with Crippen LogP contribution in [0, 0.1) is 11.8 Å². The second-order valence-electron chi connectivity index (χ2n) is 6.19. The SMILES string of the molecule is Cc1c(Sc2ncn[nH]2)cc(NS(=O)(=O)c2ccccc2[NH+]=O)c2ccccc12. The zero-order valence-corrected chi connectivity index (χ0v) is 16.8. The van der Waals surface area contributed by atoms with Crippen molar-refractivity contribution in [1.82, 2.24) is 15.2 Å². The van der Waals surface area contributed by atoms with Gasteiger partial charge in [0, 0.05) is 26.4 Å². The molecule has 3 aromatic carbocycles. The van der Waals surface area contributed by atoms with E-state index in [9.17, 15) is 13.3 Å². The highest BCUT2D eigenvalue weighted by atomic mass is 32.2. The first-order valence-corrected chi connectivity index (χ1v) is 10.8. The minimum atomic E-state index is -4.00. The molecule has 10 heteroatoms. The van der Waals surface area contributed by atoms with E-state index >= 15 is 0 Å².